The zero-order chi connectivity index (χ0) is 18.4. The molecule has 9 nitrogen and oxygen atoms in total. The first-order valence-electron chi connectivity index (χ1n) is 7.83. The highest BCUT2D eigenvalue weighted by Crippen LogP contribution is 2.37. The highest BCUT2D eigenvalue weighted by molar-refractivity contribution is 6.32. The SMILES string of the molecule is COc1nc2c(-n3ccnc3)c(-c3nnc(N(C)C)[nH]3)n(C)c2cc1Cl. The summed E-state index contributed by atoms with van der Waals surface area (Å²) in [6.45, 7) is 0. The van der Waals surface area contributed by atoms with Crippen molar-refractivity contribution in [1.82, 2.24) is 34.3 Å². The summed E-state index contributed by atoms with van der Waals surface area (Å²) in [5, 5.41) is 8.93. The number of nitrogens with zero attached hydrogens (tertiary/aromatic N) is 7. The number of methoxy groups -OCH3 is 1. The Morgan fingerprint density at radius 1 is 1.27 bits per heavy atom. The van der Waals surface area contributed by atoms with Gasteiger partial charge < -0.3 is 23.8 Å². The van der Waals surface area contributed by atoms with Crippen molar-refractivity contribution in [2.24, 2.45) is 7.05 Å². The van der Waals surface area contributed by atoms with E-state index >= 15 is 0 Å². The van der Waals surface area contributed by atoms with E-state index in [4.69, 9.17) is 16.3 Å². The molecule has 134 valence electrons. The van der Waals surface area contributed by atoms with Gasteiger partial charge in [0.15, 0.2) is 5.82 Å². The van der Waals surface area contributed by atoms with E-state index in [0.29, 0.717) is 22.7 Å². The third-order valence-electron chi connectivity index (χ3n) is 4.15. The van der Waals surface area contributed by atoms with Gasteiger partial charge in [-0.05, 0) is 6.07 Å². The van der Waals surface area contributed by atoms with Crippen LogP contribution < -0.4 is 9.64 Å². The van der Waals surface area contributed by atoms with Crippen LogP contribution in [-0.2, 0) is 7.05 Å². The summed E-state index contributed by atoms with van der Waals surface area (Å²) < 4.78 is 9.16. The highest BCUT2D eigenvalue weighted by atomic mass is 35.5. The molecule has 0 aromatic carbocycles. The van der Waals surface area contributed by atoms with Gasteiger partial charge in [-0.25, -0.2) is 9.97 Å². The van der Waals surface area contributed by atoms with Crippen LogP contribution in [0.25, 0.3) is 28.2 Å². The van der Waals surface area contributed by atoms with Gasteiger partial charge >= 0.3 is 0 Å². The lowest BCUT2D eigenvalue weighted by molar-refractivity contribution is 0.400. The van der Waals surface area contributed by atoms with Gasteiger partial charge in [-0.2, -0.15) is 0 Å². The number of fused-ring (bicyclic) bond motifs is 1. The summed E-state index contributed by atoms with van der Waals surface area (Å²) >= 11 is 6.29. The van der Waals surface area contributed by atoms with Crippen molar-refractivity contribution < 1.29 is 4.74 Å². The minimum atomic E-state index is 0.365. The smallest absolute Gasteiger partial charge is 0.233 e. The molecule has 4 rings (SSSR count). The zero-order valence-electron chi connectivity index (χ0n) is 14.7. The van der Waals surface area contributed by atoms with Crippen LogP contribution in [0.15, 0.2) is 24.8 Å². The number of anilines is 1. The number of aromatic amines is 1. The molecule has 0 amide bonds. The average Bonchev–Trinajstić information content (AvgIpc) is 3.34. The fourth-order valence-corrected chi connectivity index (χ4v) is 3.12. The van der Waals surface area contributed by atoms with E-state index in [2.05, 4.69) is 25.1 Å². The van der Waals surface area contributed by atoms with Gasteiger partial charge in [-0.3, -0.25) is 0 Å². The van der Waals surface area contributed by atoms with Gasteiger partial charge in [0, 0.05) is 33.5 Å². The molecule has 0 aliphatic rings. The second-order valence-corrected chi connectivity index (χ2v) is 6.37. The fourth-order valence-electron chi connectivity index (χ4n) is 2.89. The Labute approximate surface area is 154 Å². The summed E-state index contributed by atoms with van der Waals surface area (Å²) in [5.41, 5.74) is 3.20. The van der Waals surface area contributed by atoms with Gasteiger partial charge in [0.05, 0.1) is 19.0 Å². The van der Waals surface area contributed by atoms with Gasteiger partial charge in [0.2, 0.25) is 11.8 Å². The number of halogens is 1. The first-order chi connectivity index (χ1) is 12.5. The number of hydrogen-bond acceptors (Lipinski definition) is 6. The van der Waals surface area contributed by atoms with Crippen LogP contribution in [0.4, 0.5) is 5.95 Å². The predicted molar refractivity (Wildman–Crippen MR) is 99.1 cm³/mol. The van der Waals surface area contributed by atoms with Crippen molar-refractivity contribution in [3.05, 3.63) is 29.8 Å². The molecule has 10 heteroatoms. The molecule has 4 aromatic heterocycles. The molecule has 0 spiro atoms. The van der Waals surface area contributed by atoms with E-state index in [1.807, 2.05) is 47.4 Å². The van der Waals surface area contributed by atoms with E-state index in [1.54, 1.807) is 19.6 Å². The van der Waals surface area contributed by atoms with E-state index < -0.39 is 0 Å². The lowest BCUT2D eigenvalue weighted by Crippen LogP contribution is -2.10. The van der Waals surface area contributed by atoms with Crippen LogP contribution in [0, 0.1) is 0 Å². The fraction of sp³-hybridized carbons (Fsp3) is 0.250. The maximum absolute atomic E-state index is 6.29. The number of hydrogen-bond donors (Lipinski definition) is 1. The van der Waals surface area contributed by atoms with Crippen molar-refractivity contribution in [3.63, 3.8) is 0 Å². The van der Waals surface area contributed by atoms with Gasteiger partial charge in [-0.15, -0.1) is 10.2 Å². The molecule has 0 unspecified atom stereocenters. The molecule has 0 saturated heterocycles. The predicted octanol–water partition coefficient (Wildman–Crippen LogP) is 2.27. The Bertz CT molecular complexity index is 1080. The van der Waals surface area contributed by atoms with E-state index in [1.165, 1.54) is 0 Å². The van der Waals surface area contributed by atoms with Crippen molar-refractivity contribution in [1.29, 1.82) is 0 Å². The summed E-state index contributed by atoms with van der Waals surface area (Å²) in [4.78, 5) is 13.8. The van der Waals surface area contributed by atoms with Gasteiger partial charge in [0.1, 0.15) is 21.9 Å². The maximum atomic E-state index is 6.29. The lowest BCUT2D eigenvalue weighted by Gasteiger charge is -2.07. The number of ether oxygens (including phenoxy) is 1. The number of rotatable bonds is 4. The molecular weight excluding hydrogens is 356 g/mol. The normalized spacial score (nSPS) is 11.3. The molecule has 0 aliphatic carbocycles. The Kier molecular flexibility index (Phi) is 3.80. The minimum Gasteiger partial charge on any atom is -0.480 e. The monoisotopic (exact) mass is 372 g/mol. The Morgan fingerprint density at radius 2 is 2.08 bits per heavy atom. The quantitative estimate of drug-likeness (QED) is 0.591. The number of H-pyrrole nitrogens is 1. The molecule has 0 saturated carbocycles. The van der Waals surface area contributed by atoms with E-state index in [9.17, 15) is 0 Å². The van der Waals surface area contributed by atoms with E-state index in [-0.39, 0.29) is 0 Å². The molecule has 0 bridgehead atoms. The molecule has 0 fully saturated rings. The molecule has 0 atom stereocenters. The van der Waals surface area contributed by atoms with Crippen LogP contribution >= 0.6 is 11.6 Å². The number of aryl methyl sites for hydroxylation is 1. The highest BCUT2D eigenvalue weighted by Gasteiger charge is 2.24. The largest absolute Gasteiger partial charge is 0.480 e. The molecule has 4 aromatic rings. The average molecular weight is 373 g/mol. The molecule has 0 radical (unpaired) electrons. The third-order valence-corrected chi connectivity index (χ3v) is 4.42. The van der Waals surface area contributed by atoms with Gasteiger partial charge in [-0.1, -0.05) is 11.6 Å². The molecule has 4 heterocycles. The molecule has 26 heavy (non-hydrogen) atoms. The van der Waals surface area contributed by atoms with Crippen molar-refractivity contribution in [2.45, 2.75) is 0 Å². The standard InChI is InChI=1S/C16H17ClN8O/c1-23(2)16-20-14(21-22-16)13-12(25-6-5-18-8-25)11-10(24(13)3)7-9(17)15(19-11)26-4/h5-8H,1-4H3,(H,20,21,22). The Hall–Kier alpha value is -3.07. The first kappa shape index (κ1) is 16.4. The summed E-state index contributed by atoms with van der Waals surface area (Å²) in [7, 11) is 7.27. The second kappa shape index (κ2) is 6.03. The summed E-state index contributed by atoms with van der Waals surface area (Å²) in [6, 6.07) is 1.83. The Morgan fingerprint density at radius 3 is 2.69 bits per heavy atom. The van der Waals surface area contributed by atoms with Crippen molar-refractivity contribution in [3.8, 4) is 23.1 Å². The first-order valence-corrected chi connectivity index (χ1v) is 8.20. The molecule has 0 aliphatic heterocycles. The van der Waals surface area contributed by atoms with Crippen LogP contribution in [0.3, 0.4) is 0 Å². The summed E-state index contributed by atoms with van der Waals surface area (Å²) in [5.74, 6) is 1.64. The van der Waals surface area contributed by atoms with Crippen molar-refractivity contribution in [2.75, 3.05) is 26.1 Å². The zero-order valence-corrected chi connectivity index (χ0v) is 15.5. The minimum absolute atomic E-state index is 0.365. The van der Waals surface area contributed by atoms with Crippen LogP contribution in [0.2, 0.25) is 5.02 Å². The molecular formula is C16H17ClN8O. The lowest BCUT2D eigenvalue weighted by atomic mass is 10.3. The number of nitrogens with one attached hydrogen (secondary N) is 1. The number of pyridine rings is 1. The van der Waals surface area contributed by atoms with Crippen molar-refractivity contribution >= 4 is 28.6 Å². The maximum Gasteiger partial charge on any atom is 0.233 e. The van der Waals surface area contributed by atoms with Crippen LogP contribution in [0.1, 0.15) is 0 Å². The third kappa shape index (κ3) is 2.39. The van der Waals surface area contributed by atoms with Gasteiger partial charge in [0.25, 0.3) is 0 Å². The summed E-state index contributed by atoms with van der Waals surface area (Å²) in [6.07, 6.45) is 5.27. The van der Waals surface area contributed by atoms with Crippen LogP contribution in [0.5, 0.6) is 5.88 Å². The number of aromatic nitrogens is 7. The topological polar surface area (TPSA) is 89.7 Å². The number of imidazole rings is 1. The molecule has 1 N–H and O–H groups in total. The van der Waals surface area contributed by atoms with Crippen LogP contribution in [-0.4, -0.2) is 55.5 Å². The second-order valence-electron chi connectivity index (χ2n) is 5.97. The van der Waals surface area contributed by atoms with E-state index in [0.717, 1.165) is 22.4 Å². The Balaban J connectivity index is 2.07.